The van der Waals surface area contributed by atoms with Crippen molar-refractivity contribution in [2.75, 3.05) is 13.1 Å². The number of nitrogens with one attached hydrogen (secondary N) is 2. The summed E-state index contributed by atoms with van der Waals surface area (Å²) < 4.78 is 26.8. The van der Waals surface area contributed by atoms with Crippen LogP contribution in [0, 0.1) is 0 Å². The standard InChI is InChI=1S/C12H16Cl2N2O2S/c13-11-4-3-9(6-12(11)14)8-19(17,18)16-10-2-1-5-15-7-10/h3-4,6,10,15-16H,1-2,5,7-8H2. The predicted molar refractivity (Wildman–Crippen MR) is 78.1 cm³/mol. The summed E-state index contributed by atoms with van der Waals surface area (Å²) in [6.45, 7) is 1.63. The van der Waals surface area contributed by atoms with Gasteiger partial charge in [-0.3, -0.25) is 0 Å². The highest BCUT2D eigenvalue weighted by Gasteiger charge is 2.20. The molecule has 19 heavy (non-hydrogen) atoms. The fraction of sp³-hybridized carbons (Fsp3) is 0.500. The second-order valence-corrected chi connectivity index (χ2v) is 7.24. The van der Waals surface area contributed by atoms with Crippen molar-refractivity contribution < 1.29 is 8.42 Å². The zero-order valence-electron chi connectivity index (χ0n) is 10.3. The minimum absolute atomic E-state index is 0.0264. The highest BCUT2D eigenvalue weighted by atomic mass is 35.5. The summed E-state index contributed by atoms with van der Waals surface area (Å²) in [4.78, 5) is 0. The molecule has 1 fully saturated rings. The Balaban J connectivity index is 2.01. The van der Waals surface area contributed by atoms with E-state index in [1.165, 1.54) is 0 Å². The van der Waals surface area contributed by atoms with E-state index in [9.17, 15) is 8.42 Å². The Hall–Kier alpha value is -0.330. The Labute approximate surface area is 123 Å². The first-order chi connectivity index (χ1) is 8.96. The largest absolute Gasteiger partial charge is 0.315 e. The molecule has 0 saturated carbocycles. The maximum Gasteiger partial charge on any atom is 0.216 e. The first kappa shape index (κ1) is 15.1. The third-order valence-electron chi connectivity index (χ3n) is 2.98. The SMILES string of the molecule is O=S(=O)(Cc1ccc(Cl)c(Cl)c1)NC1CCCNC1. The first-order valence-corrected chi connectivity index (χ1v) is 8.52. The number of piperidine rings is 1. The second kappa shape index (κ2) is 6.41. The lowest BCUT2D eigenvalue weighted by atomic mass is 10.1. The van der Waals surface area contributed by atoms with Gasteiger partial charge in [-0.15, -0.1) is 0 Å². The molecule has 0 bridgehead atoms. The summed E-state index contributed by atoms with van der Waals surface area (Å²) >= 11 is 11.7. The molecule has 106 valence electrons. The molecule has 1 aromatic carbocycles. The molecule has 0 aromatic heterocycles. The Morgan fingerprint density at radius 2 is 2.11 bits per heavy atom. The van der Waals surface area contributed by atoms with Crippen molar-refractivity contribution in [2.45, 2.75) is 24.6 Å². The number of hydrogen-bond donors (Lipinski definition) is 2. The van der Waals surface area contributed by atoms with Crippen LogP contribution in [-0.4, -0.2) is 27.5 Å². The fourth-order valence-corrected chi connectivity index (χ4v) is 3.83. The van der Waals surface area contributed by atoms with Gasteiger partial charge in [0.25, 0.3) is 0 Å². The molecule has 1 aliphatic heterocycles. The van der Waals surface area contributed by atoms with Crippen molar-refractivity contribution in [2.24, 2.45) is 0 Å². The summed E-state index contributed by atoms with van der Waals surface area (Å²) in [5, 5.41) is 3.96. The molecule has 2 N–H and O–H groups in total. The van der Waals surface area contributed by atoms with Crippen molar-refractivity contribution in [1.29, 1.82) is 0 Å². The number of benzene rings is 1. The zero-order valence-corrected chi connectivity index (χ0v) is 12.7. The van der Waals surface area contributed by atoms with Crippen molar-refractivity contribution in [3.8, 4) is 0 Å². The summed E-state index contributed by atoms with van der Waals surface area (Å²) in [5.41, 5.74) is 0.630. The fourth-order valence-electron chi connectivity index (χ4n) is 2.10. The van der Waals surface area contributed by atoms with E-state index in [4.69, 9.17) is 23.2 Å². The van der Waals surface area contributed by atoms with Gasteiger partial charge in [-0.2, -0.15) is 0 Å². The lowest BCUT2D eigenvalue weighted by Gasteiger charge is -2.23. The van der Waals surface area contributed by atoms with E-state index in [0.717, 1.165) is 19.4 Å². The Morgan fingerprint density at radius 3 is 2.74 bits per heavy atom. The van der Waals surface area contributed by atoms with E-state index in [2.05, 4.69) is 10.0 Å². The van der Waals surface area contributed by atoms with E-state index < -0.39 is 10.0 Å². The molecule has 0 spiro atoms. The van der Waals surface area contributed by atoms with Crippen LogP contribution in [0.3, 0.4) is 0 Å². The average Bonchev–Trinajstić information content (AvgIpc) is 2.34. The molecule has 2 rings (SSSR count). The van der Waals surface area contributed by atoms with Gasteiger partial charge in [0.2, 0.25) is 10.0 Å². The Morgan fingerprint density at radius 1 is 1.32 bits per heavy atom. The smallest absolute Gasteiger partial charge is 0.216 e. The van der Waals surface area contributed by atoms with Crippen molar-refractivity contribution >= 4 is 33.2 Å². The van der Waals surface area contributed by atoms with Crippen LogP contribution >= 0.6 is 23.2 Å². The number of sulfonamides is 1. The third kappa shape index (κ3) is 4.61. The van der Waals surface area contributed by atoms with E-state index in [1.54, 1.807) is 18.2 Å². The topological polar surface area (TPSA) is 58.2 Å². The van der Waals surface area contributed by atoms with E-state index >= 15 is 0 Å². The van der Waals surface area contributed by atoms with Crippen LogP contribution in [0.4, 0.5) is 0 Å². The van der Waals surface area contributed by atoms with E-state index in [1.807, 2.05) is 0 Å². The lowest BCUT2D eigenvalue weighted by Crippen LogP contribution is -2.45. The molecule has 0 aliphatic carbocycles. The zero-order chi connectivity index (χ0) is 13.9. The summed E-state index contributed by atoms with van der Waals surface area (Å²) in [7, 11) is -3.36. The average molecular weight is 323 g/mol. The van der Waals surface area contributed by atoms with Crippen molar-refractivity contribution in [3.63, 3.8) is 0 Å². The summed E-state index contributed by atoms with van der Waals surface area (Å²) in [6.07, 6.45) is 1.85. The number of halogens is 2. The Bertz CT molecular complexity index is 543. The molecule has 0 amide bonds. The molecule has 1 unspecified atom stereocenters. The molecule has 1 atom stereocenters. The van der Waals surface area contributed by atoms with Gasteiger partial charge in [0.1, 0.15) is 0 Å². The second-order valence-electron chi connectivity index (χ2n) is 4.67. The third-order valence-corrected chi connectivity index (χ3v) is 5.13. The highest BCUT2D eigenvalue weighted by Crippen LogP contribution is 2.23. The quantitative estimate of drug-likeness (QED) is 0.893. The van der Waals surface area contributed by atoms with Crippen LogP contribution in [0.2, 0.25) is 10.0 Å². The van der Waals surface area contributed by atoms with E-state index in [0.29, 0.717) is 22.2 Å². The van der Waals surface area contributed by atoms with Gasteiger partial charge < -0.3 is 5.32 Å². The van der Waals surface area contributed by atoms with Crippen molar-refractivity contribution in [3.05, 3.63) is 33.8 Å². The summed E-state index contributed by atoms with van der Waals surface area (Å²) in [6, 6.07) is 4.84. The molecule has 0 radical (unpaired) electrons. The highest BCUT2D eigenvalue weighted by molar-refractivity contribution is 7.88. The molecule has 1 aromatic rings. The minimum Gasteiger partial charge on any atom is -0.315 e. The Kier molecular flexibility index (Phi) is 5.09. The maximum atomic E-state index is 12.0. The van der Waals surface area contributed by atoms with Gasteiger partial charge in [0.15, 0.2) is 0 Å². The maximum absolute atomic E-state index is 12.0. The molecule has 4 nitrogen and oxygen atoms in total. The van der Waals surface area contributed by atoms with Crippen LogP contribution in [0.5, 0.6) is 0 Å². The van der Waals surface area contributed by atoms with Crippen LogP contribution < -0.4 is 10.0 Å². The van der Waals surface area contributed by atoms with Crippen LogP contribution in [0.25, 0.3) is 0 Å². The molecule has 1 saturated heterocycles. The van der Waals surface area contributed by atoms with E-state index in [-0.39, 0.29) is 11.8 Å². The molecular weight excluding hydrogens is 307 g/mol. The number of hydrogen-bond acceptors (Lipinski definition) is 3. The van der Waals surface area contributed by atoms with Crippen LogP contribution in [0.1, 0.15) is 18.4 Å². The summed E-state index contributed by atoms with van der Waals surface area (Å²) in [5.74, 6) is -0.0829. The first-order valence-electron chi connectivity index (χ1n) is 6.11. The minimum atomic E-state index is -3.36. The lowest BCUT2D eigenvalue weighted by molar-refractivity contribution is 0.428. The predicted octanol–water partition coefficient (Wildman–Crippen LogP) is 2.16. The van der Waals surface area contributed by atoms with Gasteiger partial charge in [-0.1, -0.05) is 29.3 Å². The van der Waals surface area contributed by atoms with Crippen LogP contribution in [0.15, 0.2) is 18.2 Å². The molecule has 7 heteroatoms. The van der Waals surface area contributed by atoms with Gasteiger partial charge >= 0.3 is 0 Å². The van der Waals surface area contributed by atoms with Crippen molar-refractivity contribution in [1.82, 2.24) is 10.0 Å². The monoisotopic (exact) mass is 322 g/mol. The van der Waals surface area contributed by atoms with Gasteiger partial charge in [-0.25, -0.2) is 13.1 Å². The van der Waals surface area contributed by atoms with Gasteiger partial charge in [-0.05, 0) is 37.1 Å². The number of rotatable bonds is 4. The van der Waals surface area contributed by atoms with Gasteiger partial charge in [0.05, 0.1) is 15.8 Å². The molecule has 1 heterocycles. The molecule has 1 aliphatic rings. The molecular formula is C12H16Cl2N2O2S. The van der Waals surface area contributed by atoms with Crippen LogP contribution in [-0.2, 0) is 15.8 Å². The van der Waals surface area contributed by atoms with Gasteiger partial charge in [0, 0.05) is 12.6 Å². The normalized spacial score (nSPS) is 20.4.